The topological polar surface area (TPSA) is 37.3 Å². The van der Waals surface area contributed by atoms with Crippen molar-refractivity contribution in [3.63, 3.8) is 0 Å². The van der Waals surface area contributed by atoms with Crippen molar-refractivity contribution in [1.82, 2.24) is 0 Å². The Labute approximate surface area is 67.2 Å². The van der Waals surface area contributed by atoms with Crippen LogP contribution in [0.15, 0.2) is 23.5 Å². The molecule has 0 aliphatic rings. The lowest BCUT2D eigenvalue weighted by atomic mass is 10.1. The lowest BCUT2D eigenvalue weighted by molar-refractivity contribution is -0.115. The maximum atomic E-state index is 11.1. The van der Waals surface area contributed by atoms with Crippen LogP contribution in [0.2, 0.25) is 0 Å². The van der Waals surface area contributed by atoms with Crippen LogP contribution in [0, 0.1) is 0 Å². The lowest BCUT2D eigenvalue weighted by Crippen LogP contribution is -1.97. The molecule has 0 aromatic rings. The van der Waals surface area contributed by atoms with Gasteiger partial charge in [-0.25, -0.2) is 0 Å². The highest BCUT2D eigenvalue weighted by atomic mass is 16.3. The molecule has 0 aromatic carbocycles. The fourth-order valence-electron chi connectivity index (χ4n) is 0.754. The summed E-state index contributed by atoms with van der Waals surface area (Å²) < 4.78 is 0. The van der Waals surface area contributed by atoms with Gasteiger partial charge in [-0.2, -0.15) is 0 Å². The van der Waals surface area contributed by atoms with Gasteiger partial charge in [-0.15, -0.1) is 0 Å². The molecule has 0 atom stereocenters. The van der Waals surface area contributed by atoms with Crippen LogP contribution in [-0.2, 0) is 4.79 Å². The van der Waals surface area contributed by atoms with E-state index in [9.17, 15) is 4.79 Å². The Bertz CT molecular complexity index is 196. The molecule has 0 amide bonds. The van der Waals surface area contributed by atoms with Gasteiger partial charge in [0.25, 0.3) is 0 Å². The number of rotatable bonds is 3. The zero-order valence-electron chi connectivity index (χ0n) is 7.22. The Morgan fingerprint density at radius 2 is 2.09 bits per heavy atom. The van der Waals surface area contributed by atoms with Gasteiger partial charge in [0.05, 0.1) is 5.76 Å². The third-order valence-electron chi connectivity index (χ3n) is 1.32. The zero-order valence-corrected chi connectivity index (χ0v) is 7.22. The lowest BCUT2D eigenvalue weighted by Gasteiger charge is -1.96. The van der Waals surface area contributed by atoms with Gasteiger partial charge >= 0.3 is 0 Å². The number of hydrogen-bond donors (Lipinski definition) is 1. The molecule has 0 spiro atoms. The predicted molar refractivity (Wildman–Crippen MR) is 45.4 cm³/mol. The van der Waals surface area contributed by atoms with Crippen LogP contribution < -0.4 is 0 Å². The Morgan fingerprint density at radius 1 is 1.55 bits per heavy atom. The first kappa shape index (κ1) is 9.95. The summed E-state index contributed by atoms with van der Waals surface area (Å²) in [5.41, 5.74) is 0.576. The number of aliphatic hydroxyl groups is 1. The summed E-state index contributed by atoms with van der Waals surface area (Å²) in [6.07, 6.45) is 3.65. The van der Waals surface area contributed by atoms with Gasteiger partial charge < -0.3 is 5.11 Å². The van der Waals surface area contributed by atoms with E-state index in [-0.39, 0.29) is 11.5 Å². The third-order valence-corrected chi connectivity index (χ3v) is 1.32. The molecular weight excluding hydrogens is 140 g/mol. The molecule has 0 radical (unpaired) electrons. The molecule has 0 saturated carbocycles. The number of ketones is 1. The van der Waals surface area contributed by atoms with E-state index in [4.69, 9.17) is 5.11 Å². The highest BCUT2D eigenvalue weighted by molar-refractivity contribution is 5.97. The maximum absolute atomic E-state index is 11.1. The van der Waals surface area contributed by atoms with E-state index >= 15 is 0 Å². The summed E-state index contributed by atoms with van der Waals surface area (Å²) in [4.78, 5) is 11.1. The van der Waals surface area contributed by atoms with Crippen molar-refractivity contribution in [2.45, 2.75) is 27.2 Å². The molecule has 62 valence electrons. The van der Waals surface area contributed by atoms with Crippen LogP contribution in [0.1, 0.15) is 27.2 Å². The maximum Gasteiger partial charge on any atom is 0.162 e. The third kappa shape index (κ3) is 3.61. The molecule has 0 heterocycles. The van der Waals surface area contributed by atoms with Gasteiger partial charge in [0.1, 0.15) is 0 Å². The molecule has 0 aliphatic heterocycles. The molecular formula is C9H14O2. The van der Waals surface area contributed by atoms with Crippen LogP contribution in [0.3, 0.4) is 0 Å². The minimum Gasteiger partial charge on any atom is -0.513 e. The fraction of sp³-hybridized carbons (Fsp3) is 0.444. The van der Waals surface area contributed by atoms with Gasteiger partial charge in [-0.05, 0) is 19.9 Å². The van der Waals surface area contributed by atoms with Crippen molar-refractivity contribution in [3.05, 3.63) is 23.5 Å². The fourth-order valence-corrected chi connectivity index (χ4v) is 0.754. The number of aliphatic hydroxyl groups excluding tert-OH is 1. The Morgan fingerprint density at radius 3 is 2.36 bits per heavy atom. The van der Waals surface area contributed by atoms with E-state index in [0.717, 1.165) is 0 Å². The molecule has 1 N–H and O–H groups in total. The molecule has 11 heavy (non-hydrogen) atoms. The van der Waals surface area contributed by atoms with E-state index in [0.29, 0.717) is 12.0 Å². The largest absolute Gasteiger partial charge is 0.513 e. The van der Waals surface area contributed by atoms with E-state index in [1.807, 2.05) is 0 Å². The number of Topliss-reactive ketones (excluding diaryl/α,β-unsaturated/α-hetero) is 1. The first-order chi connectivity index (χ1) is 5.11. The van der Waals surface area contributed by atoms with Crippen LogP contribution in [0.25, 0.3) is 0 Å². The van der Waals surface area contributed by atoms with Crippen LogP contribution >= 0.6 is 0 Å². The van der Waals surface area contributed by atoms with Crippen molar-refractivity contribution in [2.24, 2.45) is 0 Å². The quantitative estimate of drug-likeness (QED) is 0.385. The average molecular weight is 154 g/mol. The molecule has 0 unspecified atom stereocenters. The molecule has 0 rings (SSSR count). The second kappa shape index (κ2) is 4.72. The van der Waals surface area contributed by atoms with Crippen molar-refractivity contribution in [3.8, 4) is 0 Å². The highest BCUT2D eigenvalue weighted by Crippen LogP contribution is 2.03. The molecule has 0 aliphatic carbocycles. The molecule has 2 nitrogen and oxygen atoms in total. The van der Waals surface area contributed by atoms with Crippen LogP contribution in [0.4, 0.5) is 0 Å². The minimum atomic E-state index is 0.0564. The Hall–Kier alpha value is -1.05. The van der Waals surface area contributed by atoms with Gasteiger partial charge in [0.15, 0.2) is 5.78 Å². The number of carbonyl (C=O) groups is 1. The summed E-state index contributed by atoms with van der Waals surface area (Å²) in [7, 11) is 0. The van der Waals surface area contributed by atoms with E-state index < -0.39 is 0 Å². The summed E-state index contributed by atoms with van der Waals surface area (Å²) in [6, 6.07) is 0. The van der Waals surface area contributed by atoms with Gasteiger partial charge in [-0.1, -0.05) is 13.0 Å². The van der Waals surface area contributed by atoms with E-state index in [1.165, 1.54) is 6.08 Å². The van der Waals surface area contributed by atoms with Crippen molar-refractivity contribution < 1.29 is 9.90 Å². The number of carbonyl (C=O) groups excluding carboxylic acids is 1. The normalized spacial score (nSPS) is 13.4. The van der Waals surface area contributed by atoms with Crippen LogP contribution in [-0.4, -0.2) is 10.9 Å². The second-order valence-electron chi connectivity index (χ2n) is 2.31. The standard InChI is InChI=1S/C9H14O2/c1-4-8(6-7(3)10)9(11)5-2/h4,6,10H,5H2,1-3H3/b7-6+,8-4+. The monoisotopic (exact) mass is 154 g/mol. The Kier molecular flexibility index (Phi) is 4.27. The molecule has 2 heteroatoms. The minimum absolute atomic E-state index is 0.0564. The zero-order chi connectivity index (χ0) is 8.85. The van der Waals surface area contributed by atoms with Gasteiger partial charge in [0, 0.05) is 12.0 Å². The van der Waals surface area contributed by atoms with Crippen LogP contribution in [0.5, 0.6) is 0 Å². The van der Waals surface area contributed by atoms with Gasteiger partial charge in [-0.3, -0.25) is 4.79 Å². The second-order valence-corrected chi connectivity index (χ2v) is 2.31. The molecule has 0 saturated heterocycles. The summed E-state index contributed by atoms with van der Waals surface area (Å²) in [6.45, 7) is 5.13. The smallest absolute Gasteiger partial charge is 0.162 e. The molecule has 0 fully saturated rings. The van der Waals surface area contributed by atoms with Crippen molar-refractivity contribution in [2.75, 3.05) is 0 Å². The summed E-state index contributed by atoms with van der Waals surface area (Å²) in [5, 5.41) is 8.87. The molecule has 0 aromatic heterocycles. The summed E-state index contributed by atoms with van der Waals surface area (Å²) in [5.74, 6) is 0.223. The first-order valence-electron chi connectivity index (χ1n) is 3.68. The van der Waals surface area contributed by atoms with E-state index in [2.05, 4.69) is 0 Å². The highest BCUT2D eigenvalue weighted by Gasteiger charge is 2.01. The van der Waals surface area contributed by atoms with E-state index in [1.54, 1.807) is 26.8 Å². The summed E-state index contributed by atoms with van der Waals surface area (Å²) >= 11 is 0. The van der Waals surface area contributed by atoms with Crippen molar-refractivity contribution >= 4 is 5.78 Å². The SMILES string of the molecule is C/C=C(\C=C(/C)O)C(=O)CC. The van der Waals surface area contributed by atoms with Gasteiger partial charge in [0.2, 0.25) is 0 Å². The molecule has 0 bridgehead atoms. The average Bonchev–Trinajstić information content (AvgIpc) is 1.98. The Balaban J connectivity index is 4.45. The number of hydrogen-bond acceptors (Lipinski definition) is 2. The number of allylic oxidation sites excluding steroid dienone is 4. The van der Waals surface area contributed by atoms with Crippen molar-refractivity contribution in [1.29, 1.82) is 0 Å². The predicted octanol–water partition coefficient (Wildman–Crippen LogP) is 2.37. The first-order valence-corrected chi connectivity index (χ1v) is 3.68.